The Morgan fingerprint density at radius 2 is 1.78 bits per heavy atom. The monoisotopic (exact) mass is 318 g/mol. The summed E-state index contributed by atoms with van der Waals surface area (Å²) >= 11 is 0. The molecule has 3 nitrogen and oxygen atoms in total. The average molecular weight is 318 g/mol. The fourth-order valence-corrected chi connectivity index (χ4v) is 3.56. The lowest BCUT2D eigenvalue weighted by Crippen LogP contribution is -2.09. The van der Waals surface area contributed by atoms with Gasteiger partial charge in [0.2, 0.25) is 0 Å². The van der Waals surface area contributed by atoms with E-state index in [1.807, 2.05) is 0 Å². The van der Waals surface area contributed by atoms with Crippen molar-refractivity contribution < 1.29 is 15.3 Å². The normalized spacial score (nSPS) is 18.5. The summed E-state index contributed by atoms with van der Waals surface area (Å²) in [5.74, 6) is 0.891. The van der Waals surface area contributed by atoms with E-state index >= 15 is 0 Å². The Balaban J connectivity index is 2.33. The first kappa shape index (κ1) is 17.9. The molecule has 1 atom stereocenters. The van der Waals surface area contributed by atoms with Crippen LogP contribution in [-0.2, 0) is 6.42 Å². The molecule has 0 amide bonds. The van der Waals surface area contributed by atoms with Crippen LogP contribution in [0.1, 0.15) is 69.9 Å². The van der Waals surface area contributed by atoms with Gasteiger partial charge in [0, 0.05) is 6.61 Å². The molecule has 1 aromatic carbocycles. The zero-order valence-corrected chi connectivity index (χ0v) is 14.4. The molecule has 1 aliphatic carbocycles. The zero-order valence-electron chi connectivity index (χ0n) is 14.4. The summed E-state index contributed by atoms with van der Waals surface area (Å²) in [6, 6.07) is 3.60. The largest absolute Gasteiger partial charge is 0.507 e. The lowest BCUT2D eigenvalue weighted by Gasteiger charge is -2.26. The van der Waals surface area contributed by atoms with Gasteiger partial charge in [-0.1, -0.05) is 32.3 Å². The van der Waals surface area contributed by atoms with E-state index in [0.717, 1.165) is 56.1 Å². The van der Waals surface area contributed by atoms with E-state index in [2.05, 4.69) is 13.8 Å². The number of hydrogen-bond donors (Lipinski definition) is 3. The third kappa shape index (κ3) is 4.51. The molecule has 0 spiro atoms. The second-order valence-corrected chi connectivity index (χ2v) is 6.87. The summed E-state index contributed by atoms with van der Waals surface area (Å²) in [7, 11) is 0. The van der Waals surface area contributed by atoms with E-state index in [4.69, 9.17) is 0 Å². The maximum absolute atomic E-state index is 10.5. The summed E-state index contributed by atoms with van der Waals surface area (Å²) in [4.78, 5) is 0. The fraction of sp³-hybridized carbons (Fsp3) is 0.600. The summed E-state index contributed by atoms with van der Waals surface area (Å²) in [5, 5.41) is 30.3. The Kier molecular flexibility index (Phi) is 6.52. The van der Waals surface area contributed by atoms with Crippen LogP contribution in [0.4, 0.5) is 0 Å². The second kappa shape index (κ2) is 8.39. The molecule has 0 saturated heterocycles. The smallest absolute Gasteiger partial charge is 0.127 e. The number of hydrogen-bond acceptors (Lipinski definition) is 3. The fourth-order valence-electron chi connectivity index (χ4n) is 3.56. The number of phenols is 2. The number of rotatable bonds is 7. The Morgan fingerprint density at radius 3 is 2.39 bits per heavy atom. The van der Waals surface area contributed by atoms with Crippen LogP contribution >= 0.6 is 0 Å². The number of aliphatic hydroxyl groups is 1. The van der Waals surface area contributed by atoms with Gasteiger partial charge in [-0.05, 0) is 67.7 Å². The van der Waals surface area contributed by atoms with Crippen molar-refractivity contribution in [3.8, 4) is 11.5 Å². The highest BCUT2D eigenvalue weighted by atomic mass is 16.3. The van der Waals surface area contributed by atoms with Gasteiger partial charge in [0.05, 0.1) is 5.56 Å². The maximum Gasteiger partial charge on any atom is 0.127 e. The molecule has 0 aliphatic heterocycles. The first-order valence-corrected chi connectivity index (χ1v) is 8.93. The quantitative estimate of drug-likeness (QED) is 0.634. The minimum absolute atomic E-state index is 0.115. The van der Waals surface area contributed by atoms with Gasteiger partial charge in [0.15, 0.2) is 0 Å². The molecule has 1 aliphatic rings. The minimum atomic E-state index is 0.115. The van der Waals surface area contributed by atoms with Crippen molar-refractivity contribution in [2.24, 2.45) is 5.92 Å². The van der Waals surface area contributed by atoms with E-state index in [9.17, 15) is 15.3 Å². The van der Waals surface area contributed by atoms with Crippen LogP contribution in [0.15, 0.2) is 17.7 Å². The molecule has 1 unspecified atom stereocenters. The molecule has 0 fully saturated rings. The van der Waals surface area contributed by atoms with Crippen LogP contribution < -0.4 is 0 Å². The van der Waals surface area contributed by atoms with E-state index in [1.165, 1.54) is 5.57 Å². The number of allylic oxidation sites excluding steroid dienone is 1. The summed E-state index contributed by atoms with van der Waals surface area (Å²) in [5.41, 5.74) is 3.78. The van der Waals surface area contributed by atoms with Crippen molar-refractivity contribution in [3.63, 3.8) is 0 Å². The van der Waals surface area contributed by atoms with Gasteiger partial charge in [-0.2, -0.15) is 0 Å². The number of aromatic hydroxyl groups is 2. The Labute approximate surface area is 139 Å². The predicted octanol–water partition coefficient (Wildman–Crippen LogP) is 4.79. The van der Waals surface area contributed by atoms with Crippen LogP contribution in [0.5, 0.6) is 11.5 Å². The summed E-state index contributed by atoms with van der Waals surface area (Å²) < 4.78 is 0. The SMILES string of the molecule is CCCCCc1cc(O)c(C2=C(CCO)CCC(C)C2)c(O)c1. The number of unbranched alkanes of at least 4 members (excludes halogenated alkanes) is 2. The molecule has 0 heterocycles. The molecule has 3 heteroatoms. The van der Waals surface area contributed by atoms with Crippen molar-refractivity contribution in [2.75, 3.05) is 6.61 Å². The van der Waals surface area contributed by atoms with E-state index < -0.39 is 0 Å². The third-order valence-electron chi connectivity index (χ3n) is 4.86. The van der Waals surface area contributed by atoms with Crippen molar-refractivity contribution in [1.29, 1.82) is 0 Å². The molecule has 0 aromatic heterocycles. The van der Waals surface area contributed by atoms with Crippen molar-refractivity contribution in [1.82, 2.24) is 0 Å². The molecule has 23 heavy (non-hydrogen) atoms. The molecular formula is C20H30O3. The number of aryl methyl sites for hydroxylation is 1. The molecule has 2 rings (SSSR count). The third-order valence-corrected chi connectivity index (χ3v) is 4.86. The minimum Gasteiger partial charge on any atom is -0.507 e. The Morgan fingerprint density at radius 1 is 1.09 bits per heavy atom. The van der Waals surface area contributed by atoms with Crippen LogP contribution in [0.3, 0.4) is 0 Å². The highest BCUT2D eigenvalue weighted by molar-refractivity contribution is 5.78. The lowest BCUT2D eigenvalue weighted by molar-refractivity contribution is 0.296. The van der Waals surface area contributed by atoms with Gasteiger partial charge in [-0.25, -0.2) is 0 Å². The average Bonchev–Trinajstić information content (AvgIpc) is 2.49. The van der Waals surface area contributed by atoms with Gasteiger partial charge in [-0.3, -0.25) is 0 Å². The molecule has 0 radical (unpaired) electrons. The standard InChI is InChI=1S/C20H30O3/c1-3-4-5-6-15-12-18(22)20(19(23)13-15)17-11-14(2)7-8-16(17)9-10-21/h12-14,21-23H,3-11H2,1-2H3. The van der Waals surface area contributed by atoms with Gasteiger partial charge in [-0.15, -0.1) is 0 Å². The van der Waals surface area contributed by atoms with E-state index in [1.54, 1.807) is 12.1 Å². The van der Waals surface area contributed by atoms with Gasteiger partial charge in [0.1, 0.15) is 11.5 Å². The van der Waals surface area contributed by atoms with Gasteiger partial charge in [0.25, 0.3) is 0 Å². The molecule has 128 valence electrons. The van der Waals surface area contributed by atoms with E-state index in [0.29, 0.717) is 17.9 Å². The molecule has 0 saturated carbocycles. The molecule has 1 aromatic rings. The first-order chi connectivity index (χ1) is 11.1. The predicted molar refractivity (Wildman–Crippen MR) is 94.6 cm³/mol. The van der Waals surface area contributed by atoms with E-state index in [-0.39, 0.29) is 18.1 Å². The maximum atomic E-state index is 10.5. The lowest BCUT2D eigenvalue weighted by atomic mass is 9.80. The van der Waals surface area contributed by atoms with Crippen molar-refractivity contribution in [3.05, 3.63) is 28.8 Å². The number of aliphatic hydroxyl groups excluding tert-OH is 1. The van der Waals surface area contributed by atoms with Crippen LogP contribution in [0, 0.1) is 5.92 Å². The molecule has 3 N–H and O–H groups in total. The highest BCUT2D eigenvalue weighted by Gasteiger charge is 2.23. The first-order valence-electron chi connectivity index (χ1n) is 8.93. The zero-order chi connectivity index (χ0) is 16.8. The number of benzene rings is 1. The summed E-state index contributed by atoms with van der Waals surface area (Å²) in [6.07, 6.45) is 7.80. The van der Waals surface area contributed by atoms with Crippen molar-refractivity contribution in [2.45, 2.75) is 65.2 Å². The summed E-state index contributed by atoms with van der Waals surface area (Å²) in [6.45, 7) is 4.48. The second-order valence-electron chi connectivity index (χ2n) is 6.87. The topological polar surface area (TPSA) is 60.7 Å². The molecular weight excluding hydrogens is 288 g/mol. The Hall–Kier alpha value is -1.48. The van der Waals surface area contributed by atoms with Crippen LogP contribution in [0.25, 0.3) is 5.57 Å². The highest BCUT2D eigenvalue weighted by Crippen LogP contribution is 2.44. The number of phenolic OH excluding ortho intramolecular Hbond substituents is 2. The Bertz CT molecular complexity index is 537. The van der Waals surface area contributed by atoms with Crippen LogP contribution in [0.2, 0.25) is 0 Å². The van der Waals surface area contributed by atoms with Gasteiger partial charge < -0.3 is 15.3 Å². The van der Waals surface area contributed by atoms with Crippen molar-refractivity contribution >= 4 is 5.57 Å². The van der Waals surface area contributed by atoms with Gasteiger partial charge >= 0.3 is 0 Å². The van der Waals surface area contributed by atoms with Crippen LogP contribution in [-0.4, -0.2) is 21.9 Å². The molecule has 0 bridgehead atoms.